The van der Waals surface area contributed by atoms with E-state index in [0.29, 0.717) is 29.3 Å². The van der Waals surface area contributed by atoms with Gasteiger partial charge in [0.1, 0.15) is 5.75 Å². The van der Waals surface area contributed by atoms with Crippen molar-refractivity contribution in [3.8, 4) is 16.8 Å². The van der Waals surface area contributed by atoms with Crippen LogP contribution in [0.3, 0.4) is 0 Å². The number of nitrogens with one attached hydrogen (secondary N) is 1. The average Bonchev–Trinajstić information content (AvgIpc) is 3.43. The van der Waals surface area contributed by atoms with Gasteiger partial charge in [-0.15, -0.1) is 0 Å². The molecular weight excluding hydrogens is 374 g/mol. The molecule has 1 fully saturated rings. The summed E-state index contributed by atoms with van der Waals surface area (Å²) in [6, 6.07) is 9.83. The molecule has 146 valence electrons. The molecule has 0 aliphatic heterocycles. The van der Waals surface area contributed by atoms with Crippen LogP contribution in [0, 0.1) is 5.92 Å². The van der Waals surface area contributed by atoms with Gasteiger partial charge in [0.15, 0.2) is 0 Å². The van der Waals surface area contributed by atoms with Crippen molar-refractivity contribution in [3.05, 3.63) is 42.1 Å². The number of ether oxygens (including phenoxy) is 2. The summed E-state index contributed by atoms with van der Waals surface area (Å²) in [5.41, 5.74) is 2.06. The van der Waals surface area contributed by atoms with E-state index in [0.717, 1.165) is 22.4 Å². The van der Waals surface area contributed by atoms with Gasteiger partial charge in [-0.25, -0.2) is 9.97 Å². The maximum Gasteiger partial charge on any atom is 0.279 e. The largest absolute Gasteiger partial charge is 0.477 e. The maximum absolute atomic E-state index is 11.1. The van der Waals surface area contributed by atoms with Crippen molar-refractivity contribution in [2.24, 2.45) is 5.92 Å². The molecule has 6 nitrogen and oxygen atoms in total. The van der Waals surface area contributed by atoms with Gasteiger partial charge >= 0.3 is 0 Å². The Balaban J connectivity index is 1.41. The Morgan fingerprint density at radius 2 is 2.18 bits per heavy atom. The van der Waals surface area contributed by atoms with E-state index in [-0.39, 0.29) is 11.8 Å². The Morgan fingerprint density at radius 1 is 1.32 bits per heavy atom. The summed E-state index contributed by atoms with van der Waals surface area (Å²) in [7, 11) is 0. The van der Waals surface area contributed by atoms with Crippen LogP contribution < -0.4 is 14.8 Å². The number of rotatable bonds is 8. The maximum atomic E-state index is 11.1. The fourth-order valence-electron chi connectivity index (χ4n) is 2.79. The summed E-state index contributed by atoms with van der Waals surface area (Å²) >= 11 is 1.50. The van der Waals surface area contributed by atoms with Crippen molar-refractivity contribution >= 4 is 27.5 Å². The summed E-state index contributed by atoms with van der Waals surface area (Å²) in [5, 5.41) is 3.44. The van der Waals surface area contributed by atoms with Gasteiger partial charge in [0.05, 0.1) is 23.0 Å². The molecule has 1 unspecified atom stereocenters. The minimum atomic E-state index is -0.0148. The second-order valence-corrected chi connectivity index (χ2v) is 8.23. The number of hydrogen-bond donors (Lipinski definition) is 1. The third-order valence-corrected chi connectivity index (χ3v) is 5.59. The molecule has 1 aliphatic rings. The number of fused-ring (bicyclic) bond motifs is 1. The van der Waals surface area contributed by atoms with Gasteiger partial charge in [-0.05, 0) is 48.4 Å². The fourth-order valence-corrected chi connectivity index (χ4v) is 3.67. The fraction of sp³-hybridized carbons (Fsp3) is 0.381. The van der Waals surface area contributed by atoms with E-state index in [4.69, 9.17) is 9.47 Å². The summed E-state index contributed by atoms with van der Waals surface area (Å²) in [4.78, 5) is 19.9. The molecule has 0 spiro atoms. The summed E-state index contributed by atoms with van der Waals surface area (Å²) in [6.07, 6.45) is 4.17. The predicted octanol–water partition coefficient (Wildman–Crippen LogP) is 4.51. The van der Waals surface area contributed by atoms with E-state index >= 15 is 0 Å². The van der Waals surface area contributed by atoms with Crippen molar-refractivity contribution in [2.75, 3.05) is 13.2 Å². The van der Waals surface area contributed by atoms with Crippen LogP contribution >= 0.6 is 11.3 Å². The van der Waals surface area contributed by atoms with Crippen LogP contribution in [0.25, 0.3) is 10.2 Å². The van der Waals surface area contributed by atoms with Gasteiger partial charge in [-0.2, -0.15) is 0 Å². The second kappa shape index (κ2) is 8.14. The molecule has 0 saturated heterocycles. The molecule has 0 bridgehead atoms. The number of thiazole rings is 1. The quantitative estimate of drug-likeness (QED) is 0.605. The number of benzene rings is 1. The lowest BCUT2D eigenvalue weighted by molar-refractivity contribution is -0.119. The molecule has 1 atom stereocenters. The number of pyridine rings is 1. The van der Waals surface area contributed by atoms with E-state index in [2.05, 4.69) is 28.3 Å². The molecule has 28 heavy (non-hydrogen) atoms. The molecule has 0 radical (unpaired) electrons. The van der Waals surface area contributed by atoms with E-state index in [1.54, 1.807) is 6.20 Å². The number of carbonyl (C=O) groups is 1. The van der Waals surface area contributed by atoms with Crippen molar-refractivity contribution < 1.29 is 14.3 Å². The summed E-state index contributed by atoms with van der Waals surface area (Å²) in [5.74, 6) is 2.18. The Bertz CT molecular complexity index is 967. The van der Waals surface area contributed by atoms with Crippen molar-refractivity contribution in [2.45, 2.75) is 32.6 Å². The third kappa shape index (κ3) is 4.78. The van der Waals surface area contributed by atoms with Crippen LogP contribution in [-0.4, -0.2) is 29.0 Å². The minimum Gasteiger partial charge on any atom is -0.477 e. The van der Waals surface area contributed by atoms with Gasteiger partial charge in [-0.1, -0.05) is 24.3 Å². The number of aromatic nitrogens is 2. The van der Waals surface area contributed by atoms with E-state index in [9.17, 15) is 4.79 Å². The zero-order chi connectivity index (χ0) is 19.5. The smallest absolute Gasteiger partial charge is 0.279 e. The monoisotopic (exact) mass is 397 g/mol. The van der Waals surface area contributed by atoms with Crippen LogP contribution in [0.2, 0.25) is 0 Å². The lowest BCUT2D eigenvalue weighted by Gasteiger charge is -2.11. The zero-order valence-electron chi connectivity index (χ0n) is 16.0. The van der Waals surface area contributed by atoms with Crippen LogP contribution in [0.5, 0.6) is 16.8 Å². The zero-order valence-corrected chi connectivity index (χ0v) is 16.8. The molecule has 2 heterocycles. The second-order valence-electron chi connectivity index (χ2n) is 7.23. The van der Waals surface area contributed by atoms with Gasteiger partial charge < -0.3 is 14.8 Å². The Hall–Kier alpha value is -2.67. The highest BCUT2D eigenvalue weighted by molar-refractivity contribution is 7.20. The van der Waals surface area contributed by atoms with E-state index in [1.807, 2.05) is 24.3 Å². The molecule has 1 saturated carbocycles. The SMILES string of the molecule is CC(=O)NCC(C)c1ccc2nc(Oc3ccc(OCC4CC4)nc3)sc2c1. The number of carbonyl (C=O) groups excluding carboxylic acids is 1. The average molecular weight is 398 g/mol. The molecule has 1 N–H and O–H groups in total. The molecule has 1 aromatic carbocycles. The third-order valence-electron chi connectivity index (χ3n) is 4.70. The molecule has 2 aromatic heterocycles. The topological polar surface area (TPSA) is 73.3 Å². The highest BCUT2D eigenvalue weighted by atomic mass is 32.1. The molecule has 7 heteroatoms. The number of hydrogen-bond acceptors (Lipinski definition) is 6. The number of nitrogens with zero attached hydrogens (tertiary/aromatic N) is 2. The van der Waals surface area contributed by atoms with Crippen LogP contribution in [0.1, 0.15) is 38.2 Å². The minimum absolute atomic E-state index is 0.0148. The molecular formula is C21H23N3O3S. The van der Waals surface area contributed by atoms with Crippen molar-refractivity contribution in [1.82, 2.24) is 15.3 Å². The Kier molecular flexibility index (Phi) is 5.43. The van der Waals surface area contributed by atoms with Gasteiger partial charge in [0, 0.05) is 19.5 Å². The van der Waals surface area contributed by atoms with Crippen molar-refractivity contribution in [1.29, 1.82) is 0 Å². The lowest BCUT2D eigenvalue weighted by atomic mass is 10.0. The highest BCUT2D eigenvalue weighted by Crippen LogP contribution is 2.33. The summed E-state index contributed by atoms with van der Waals surface area (Å²) in [6.45, 7) is 4.98. The van der Waals surface area contributed by atoms with E-state index in [1.165, 1.54) is 31.1 Å². The molecule has 1 aliphatic carbocycles. The Morgan fingerprint density at radius 3 is 2.89 bits per heavy atom. The van der Waals surface area contributed by atoms with Crippen molar-refractivity contribution in [3.63, 3.8) is 0 Å². The van der Waals surface area contributed by atoms with Gasteiger partial charge in [0.25, 0.3) is 5.19 Å². The first kappa shape index (κ1) is 18.7. The first-order chi connectivity index (χ1) is 13.6. The van der Waals surface area contributed by atoms with Crippen LogP contribution in [-0.2, 0) is 4.79 Å². The Labute approximate surface area is 167 Å². The normalized spacial score (nSPS) is 14.6. The van der Waals surface area contributed by atoms with Crippen LogP contribution in [0.15, 0.2) is 36.5 Å². The first-order valence-corrected chi connectivity index (χ1v) is 10.3. The van der Waals surface area contributed by atoms with Gasteiger partial charge in [0.2, 0.25) is 11.8 Å². The predicted molar refractivity (Wildman–Crippen MR) is 109 cm³/mol. The summed E-state index contributed by atoms with van der Waals surface area (Å²) < 4.78 is 12.6. The standard InChI is InChI=1S/C21H23N3O3S/c1-13(10-22-14(2)25)16-5-7-18-19(9-16)28-21(24-18)27-17-6-8-20(23-11-17)26-12-15-3-4-15/h5-9,11,13,15H,3-4,10,12H2,1-2H3,(H,22,25). The van der Waals surface area contributed by atoms with Gasteiger partial charge in [-0.3, -0.25) is 4.79 Å². The van der Waals surface area contributed by atoms with E-state index < -0.39 is 0 Å². The highest BCUT2D eigenvalue weighted by Gasteiger charge is 2.22. The first-order valence-electron chi connectivity index (χ1n) is 9.48. The van der Waals surface area contributed by atoms with Crippen LogP contribution in [0.4, 0.5) is 0 Å². The molecule has 3 aromatic rings. The number of amides is 1. The molecule has 4 rings (SSSR count). The molecule has 1 amide bonds. The lowest BCUT2D eigenvalue weighted by Crippen LogP contribution is -2.24.